The summed E-state index contributed by atoms with van der Waals surface area (Å²) in [7, 11) is -0.0981. The number of carbonyl (C=O) groups is 1. The Morgan fingerprint density at radius 3 is 1.95 bits per heavy atom. The lowest BCUT2D eigenvalue weighted by Crippen LogP contribution is -2.47. The Morgan fingerprint density at radius 2 is 1.57 bits per heavy atom. The first kappa shape index (κ1) is 18.1. The first-order chi connectivity index (χ1) is 9.70. The summed E-state index contributed by atoms with van der Waals surface area (Å²) in [6, 6.07) is 10.3. The van der Waals surface area contributed by atoms with Gasteiger partial charge >= 0.3 is 0 Å². The molecule has 0 bridgehead atoms. The molecule has 0 saturated heterocycles. The molecule has 118 valence electrons. The lowest BCUT2D eigenvalue weighted by atomic mass is 9.82. The first-order valence-electron chi connectivity index (χ1n) is 7.82. The van der Waals surface area contributed by atoms with Crippen LogP contribution in [0.2, 0.25) is 19.6 Å². The van der Waals surface area contributed by atoms with Gasteiger partial charge in [0.2, 0.25) is 0 Å². The third-order valence-corrected chi connectivity index (χ3v) is 6.02. The third kappa shape index (κ3) is 4.52. The van der Waals surface area contributed by atoms with Crippen molar-refractivity contribution in [2.24, 2.45) is 11.8 Å². The number of methoxy groups -OCH3 is 1. The van der Waals surface area contributed by atoms with Gasteiger partial charge in [-0.25, -0.2) is 0 Å². The largest absolute Gasteiger partial charge is 0.380 e. The lowest BCUT2D eigenvalue weighted by molar-refractivity contribution is -0.123. The second-order valence-electron chi connectivity index (χ2n) is 7.28. The van der Waals surface area contributed by atoms with Crippen LogP contribution in [0.4, 0.5) is 0 Å². The van der Waals surface area contributed by atoms with Gasteiger partial charge in [-0.05, 0) is 11.5 Å². The fraction of sp³-hybridized carbons (Fsp3) is 0.611. The smallest absolute Gasteiger partial charge is 0.124 e. The van der Waals surface area contributed by atoms with Crippen molar-refractivity contribution in [1.82, 2.24) is 0 Å². The van der Waals surface area contributed by atoms with E-state index in [-0.39, 0.29) is 17.9 Å². The normalized spacial score (nSPS) is 16.6. The minimum Gasteiger partial charge on any atom is -0.380 e. The zero-order chi connectivity index (χ0) is 16.2. The molecule has 1 aromatic carbocycles. The monoisotopic (exact) mass is 306 g/mol. The summed E-state index contributed by atoms with van der Waals surface area (Å²) in [5.41, 5.74) is 1.23. The average Bonchev–Trinajstić information content (AvgIpc) is 2.42. The molecule has 0 spiro atoms. The number of benzene rings is 1. The maximum atomic E-state index is 12.9. The Bertz CT molecular complexity index is 448. The summed E-state index contributed by atoms with van der Waals surface area (Å²) in [4.78, 5) is 12.9. The fourth-order valence-electron chi connectivity index (χ4n) is 2.94. The zero-order valence-electron chi connectivity index (χ0n) is 14.5. The van der Waals surface area contributed by atoms with Gasteiger partial charge in [0.05, 0.1) is 6.10 Å². The van der Waals surface area contributed by atoms with E-state index in [2.05, 4.69) is 52.5 Å². The molecular weight excluding hydrogens is 276 g/mol. The molecule has 3 atom stereocenters. The van der Waals surface area contributed by atoms with E-state index >= 15 is 0 Å². The van der Waals surface area contributed by atoms with E-state index in [1.165, 1.54) is 5.56 Å². The molecule has 1 aromatic rings. The van der Waals surface area contributed by atoms with Crippen molar-refractivity contribution in [2.75, 3.05) is 7.11 Å². The number of ether oxygens (including phenoxy) is 1. The topological polar surface area (TPSA) is 26.3 Å². The SMILES string of the molecule is CO[C@@H]([C@H](C(=O)[Si](C)(C)C)C(C)C)[C@@H](C)c1ccccc1. The first-order valence-corrected chi connectivity index (χ1v) is 11.3. The van der Waals surface area contributed by atoms with Crippen molar-refractivity contribution in [2.45, 2.75) is 52.4 Å². The summed E-state index contributed by atoms with van der Waals surface area (Å²) in [6.45, 7) is 12.8. The minimum absolute atomic E-state index is 0.0307. The number of hydrogen-bond donors (Lipinski definition) is 0. The van der Waals surface area contributed by atoms with Gasteiger partial charge in [-0.1, -0.05) is 70.7 Å². The summed E-state index contributed by atoms with van der Waals surface area (Å²) in [6.07, 6.45) is -0.0633. The van der Waals surface area contributed by atoms with Crippen LogP contribution in [0.25, 0.3) is 0 Å². The second-order valence-corrected chi connectivity index (χ2v) is 12.3. The van der Waals surface area contributed by atoms with Gasteiger partial charge in [0, 0.05) is 18.9 Å². The lowest BCUT2D eigenvalue weighted by Gasteiger charge is -2.35. The molecule has 0 unspecified atom stereocenters. The van der Waals surface area contributed by atoms with E-state index in [0.717, 1.165) is 0 Å². The van der Waals surface area contributed by atoms with Crippen LogP contribution in [0.5, 0.6) is 0 Å². The highest BCUT2D eigenvalue weighted by Crippen LogP contribution is 2.32. The molecule has 0 aromatic heterocycles. The molecule has 0 aliphatic rings. The van der Waals surface area contributed by atoms with Crippen molar-refractivity contribution in [3.63, 3.8) is 0 Å². The molecule has 0 amide bonds. The summed E-state index contributed by atoms with van der Waals surface area (Å²) >= 11 is 0. The van der Waals surface area contributed by atoms with Crippen LogP contribution in [0, 0.1) is 11.8 Å². The summed E-state index contributed by atoms with van der Waals surface area (Å²) < 4.78 is 5.81. The molecular formula is C18H30O2Si. The van der Waals surface area contributed by atoms with Crippen LogP contribution in [-0.2, 0) is 9.53 Å². The van der Waals surface area contributed by atoms with Crippen LogP contribution in [-0.4, -0.2) is 26.7 Å². The number of carbonyl (C=O) groups excluding carboxylic acids is 1. The Kier molecular flexibility index (Phi) is 6.35. The Hall–Kier alpha value is -0.933. The van der Waals surface area contributed by atoms with E-state index in [0.29, 0.717) is 11.3 Å². The van der Waals surface area contributed by atoms with Crippen molar-refractivity contribution >= 4 is 13.5 Å². The minimum atomic E-state index is -1.83. The zero-order valence-corrected chi connectivity index (χ0v) is 15.5. The molecule has 1 rings (SSSR count). The van der Waals surface area contributed by atoms with E-state index in [9.17, 15) is 4.79 Å². The van der Waals surface area contributed by atoms with E-state index < -0.39 is 8.07 Å². The Morgan fingerprint density at radius 1 is 1.05 bits per heavy atom. The van der Waals surface area contributed by atoms with Crippen LogP contribution >= 0.6 is 0 Å². The predicted molar refractivity (Wildman–Crippen MR) is 92.3 cm³/mol. The van der Waals surface area contributed by atoms with Gasteiger partial charge in [-0.3, -0.25) is 0 Å². The molecule has 2 nitrogen and oxygen atoms in total. The van der Waals surface area contributed by atoms with Crippen molar-refractivity contribution < 1.29 is 9.53 Å². The second kappa shape index (κ2) is 7.37. The van der Waals surface area contributed by atoms with Gasteiger partial charge < -0.3 is 9.53 Å². The molecule has 21 heavy (non-hydrogen) atoms. The van der Waals surface area contributed by atoms with Crippen LogP contribution in [0.15, 0.2) is 30.3 Å². The molecule has 3 heteroatoms. The molecule has 0 heterocycles. The molecule has 0 aliphatic carbocycles. The predicted octanol–water partition coefficient (Wildman–Crippen LogP) is 4.52. The van der Waals surface area contributed by atoms with Crippen molar-refractivity contribution in [3.8, 4) is 0 Å². The van der Waals surface area contributed by atoms with Crippen LogP contribution < -0.4 is 0 Å². The Labute approximate surface area is 130 Å². The van der Waals surface area contributed by atoms with Crippen molar-refractivity contribution in [3.05, 3.63) is 35.9 Å². The number of rotatable bonds is 7. The van der Waals surface area contributed by atoms with Crippen LogP contribution in [0.1, 0.15) is 32.3 Å². The summed E-state index contributed by atoms with van der Waals surface area (Å²) in [5, 5.41) is 0.423. The van der Waals surface area contributed by atoms with Gasteiger partial charge in [-0.2, -0.15) is 0 Å². The quantitative estimate of drug-likeness (QED) is 0.692. The van der Waals surface area contributed by atoms with E-state index in [1.54, 1.807) is 7.11 Å². The van der Waals surface area contributed by atoms with E-state index in [4.69, 9.17) is 4.74 Å². The average molecular weight is 307 g/mol. The highest BCUT2D eigenvalue weighted by atomic mass is 28.3. The van der Waals surface area contributed by atoms with Gasteiger partial charge in [-0.15, -0.1) is 0 Å². The van der Waals surface area contributed by atoms with E-state index in [1.807, 2.05) is 18.2 Å². The molecule has 0 radical (unpaired) electrons. The fourth-order valence-corrected chi connectivity index (χ4v) is 4.44. The molecule has 0 saturated carbocycles. The molecule has 0 fully saturated rings. The van der Waals surface area contributed by atoms with Gasteiger partial charge in [0.25, 0.3) is 0 Å². The Balaban J connectivity index is 3.12. The highest BCUT2D eigenvalue weighted by Gasteiger charge is 2.40. The van der Waals surface area contributed by atoms with Crippen molar-refractivity contribution in [1.29, 1.82) is 0 Å². The van der Waals surface area contributed by atoms with Gasteiger partial charge in [0.15, 0.2) is 0 Å². The standard InChI is InChI=1S/C18H30O2Si/c1-13(2)16(18(19)21(5,6)7)17(20-4)14(3)15-11-9-8-10-12-15/h8-14,16-17H,1-7H3/t14-,16+,17+/m0/s1. The van der Waals surface area contributed by atoms with Gasteiger partial charge in [0.1, 0.15) is 13.5 Å². The summed E-state index contributed by atoms with van der Waals surface area (Å²) in [5.74, 6) is 0.473. The third-order valence-electron chi connectivity index (χ3n) is 4.20. The van der Waals surface area contributed by atoms with Crippen LogP contribution in [0.3, 0.4) is 0 Å². The maximum absolute atomic E-state index is 12.9. The number of hydrogen-bond acceptors (Lipinski definition) is 2. The maximum Gasteiger partial charge on any atom is 0.124 e. The molecule has 0 N–H and O–H groups in total. The highest BCUT2D eigenvalue weighted by molar-refractivity contribution is 7.03. The molecule has 0 aliphatic heterocycles.